The maximum atomic E-state index is 13.5. The molecule has 8 heteroatoms. The number of aliphatic imine (C=N–C) groups is 1. The second-order valence-electron chi connectivity index (χ2n) is 7.22. The summed E-state index contributed by atoms with van der Waals surface area (Å²) in [5.74, 6) is 0. The molecule has 4 aromatic rings. The maximum absolute atomic E-state index is 13.5. The van der Waals surface area contributed by atoms with E-state index in [1.165, 1.54) is 28.9 Å². The van der Waals surface area contributed by atoms with Crippen molar-refractivity contribution < 1.29 is 4.92 Å². The molecule has 0 bridgehead atoms. The highest BCUT2D eigenvalue weighted by Gasteiger charge is 2.20. The molecule has 0 unspecified atom stereocenters. The van der Waals surface area contributed by atoms with E-state index in [0.29, 0.717) is 33.4 Å². The Kier molecular flexibility index (Phi) is 5.75. The SMILES string of the molecule is CC(=Nc1cccc(Cl)c1C)c1c(-c2ccccc2)[nH]n(-c2ccc([N+](=O)[O-])cc2)c1=O. The fraction of sp³-hybridized carbons (Fsp3) is 0.0833. The lowest BCUT2D eigenvalue weighted by Gasteiger charge is -2.05. The van der Waals surface area contributed by atoms with Crippen molar-refractivity contribution in [2.75, 3.05) is 0 Å². The minimum Gasteiger partial charge on any atom is -0.290 e. The van der Waals surface area contributed by atoms with Crippen LogP contribution in [-0.2, 0) is 0 Å². The van der Waals surface area contributed by atoms with Gasteiger partial charge >= 0.3 is 0 Å². The first-order chi connectivity index (χ1) is 15.4. The molecule has 3 aromatic carbocycles. The van der Waals surface area contributed by atoms with Crippen LogP contribution in [0.4, 0.5) is 11.4 Å². The van der Waals surface area contributed by atoms with Gasteiger partial charge in [0, 0.05) is 22.7 Å². The van der Waals surface area contributed by atoms with Crippen LogP contribution < -0.4 is 5.56 Å². The van der Waals surface area contributed by atoms with E-state index in [0.717, 1.165) is 11.1 Å². The summed E-state index contributed by atoms with van der Waals surface area (Å²) in [6.07, 6.45) is 0. The second kappa shape index (κ2) is 8.64. The normalized spacial score (nSPS) is 11.5. The van der Waals surface area contributed by atoms with Gasteiger partial charge < -0.3 is 0 Å². The largest absolute Gasteiger partial charge is 0.290 e. The summed E-state index contributed by atoms with van der Waals surface area (Å²) in [5, 5.41) is 14.7. The third-order valence-electron chi connectivity index (χ3n) is 5.16. The molecule has 32 heavy (non-hydrogen) atoms. The van der Waals surface area contributed by atoms with Crippen molar-refractivity contribution >= 4 is 28.7 Å². The predicted octanol–water partition coefficient (Wildman–Crippen LogP) is 5.84. The number of nitro benzene ring substituents is 1. The minimum absolute atomic E-state index is 0.0500. The summed E-state index contributed by atoms with van der Waals surface area (Å²) in [6, 6.07) is 20.7. The van der Waals surface area contributed by atoms with Gasteiger partial charge in [-0.3, -0.25) is 25.0 Å². The molecule has 1 N–H and O–H groups in total. The van der Waals surface area contributed by atoms with Gasteiger partial charge in [0.2, 0.25) is 0 Å². The monoisotopic (exact) mass is 446 g/mol. The number of non-ortho nitro benzene ring substituents is 1. The maximum Gasteiger partial charge on any atom is 0.280 e. The number of halogens is 1. The zero-order valence-electron chi connectivity index (χ0n) is 17.4. The van der Waals surface area contributed by atoms with E-state index in [9.17, 15) is 14.9 Å². The van der Waals surface area contributed by atoms with Gasteiger partial charge in [-0.2, -0.15) is 0 Å². The molecule has 0 aliphatic rings. The van der Waals surface area contributed by atoms with Crippen LogP contribution in [0.5, 0.6) is 0 Å². The number of aromatic amines is 1. The van der Waals surface area contributed by atoms with Crippen LogP contribution in [0, 0.1) is 17.0 Å². The topological polar surface area (TPSA) is 93.3 Å². The Morgan fingerprint density at radius 3 is 2.38 bits per heavy atom. The van der Waals surface area contributed by atoms with Crippen LogP contribution in [-0.4, -0.2) is 20.4 Å². The summed E-state index contributed by atoms with van der Waals surface area (Å²) in [6.45, 7) is 3.65. The molecule has 0 saturated heterocycles. The summed E-state index contributed by atoms with van der Waals surface area (Å²) >= 11 is 6.23. The van der Waals surface area contributed by atoms with Gasteiger partial charge in [0.25, 0.3) is 11.2 Å². The summed E-state index contributed by atoms with van der Waals surface area (Å²) < 4.78 is 1.37. The lowest BCUT2D eigenvalue weighted by molar-refractivity contribution is -0.384. The van der Waals surface area contributed by atoms with Crippen LogP contribution in [0.3, 0.4) is 0 Å². The van der Waals surface area contributed by atoms with Crippen LogP contribution >= 0.6 is 11.6 Å². The Hall–Kier alpha value is -3.97. The molecule has 4 rings (SSSR count). The standard InChI is InChI=1S/C24H19ClN4O3/c1-15-20(25)9-6-10-21(15)26-16(2)22-23(17-7-4-3-5-8-17)27-28(24(22)30)18-11-13-19(14-12-18)29(31)32/h3-14,27H,1-2H3. The quantitative estimate of drug-likeness (QED) is 0.237. The van der Waals surface area contributed by atoms with Gasteiger partial charge in [-0.1, -0.05) is 48.0 Å². The fourth-order valence-electron chi connectivity index (χ4n) is 3.45. The molecule has 7 nitrogen and oxygen atoms in total. The summed E-state index contributed by atoms with van der Waals surface area (Å²) in [4.78, 5) is 28.6. The predicted molar refractivity (Wildman–Crippen MR) is 127 cm³/mol. The van der Waals surface area contributed by atoms with E-state index < -0.39 is 4.92 Å². The average molecular weight is 447 g/mol. The van der Waals surface area contributed by atoms with Crippen LogP contribution in [0.15, 0.2) is 82.6 Å². The van der Waals surface area contributed by atoms with Gasteiger partial charge in [-0.25, -0.2) is 4.68 Å². The minimum atomic E-state index is -0.480. The molecule has 0 radical (unpaired) electrons. The van der Waals surface area contributed by atoms with E-state index >= 15 is 0 Å². The zero-order chi connectivity index (χ0) is 22.8. The summed E-state index contributed by atoms with van der Waals surface area (Å²) in [5.41, 5.74) is 3.98. The van der Waals surface area contributed by atoms with Crippen molar-refractivity contribution in [2.45, 2.75) is 13.8 Å². The first-order valence-electron chi connectivity index (χ1n) is 9.83. The first-order valence-corrected chi connectivity index (χ1v) is 10.2. The van der Waals surface area contributed by atoms with Crippen molar-refractivity contribution in [2.24, 2.45) is 4.99 Å². The molecule has 160 valence electrons. The van der Waals surface area contributed by atoms with Crippen molar-refractivity contribution in [3.8, 4) is 16.9 Å². The number of nitrogens with zero attached hydrogens (tertiary/aromatic N) is 3. The Labute approximate surface area is 188 Å². The zero-order valence-corrected chi connectivity index (χ0v) is 18.1. The van der Waals surface area contributed by atoms with Crippen molar-refractivity contribution in [3.05, 3.63) is 109 Å². The molecule has 0 amide bonds. The number of H-pyrrole nitrogens is 1. The Bertz CT molecular complexity index is 1390. The number of nitrogens with one attached hydrogen (secondary N) is 1. The molecule has 0 aliphatic carbocycles. The second-order valence-corrected chi connectivity index (χ2v) is 7.63. The average Bonchev–Trinajstić information content (AvgIpc) is 3.14. The molecule has 0 aliphatic heterocycles. The molecule has 0 spiro atoms. The molecular weight excluding hydrogens is 428 g/mol. The smallest absolute Gasteiger partial charge is 0.280 e. The van der Waals surface area contributed by atoms with Crippen LogP contribution in [0.2, 0.25) is 5.02 Å². The number of rotatable bonds is 5. The van der Waals surface area contributed by atoms with E-state index in [4.69, 9.17) is 16.6 Å². The number of aromatic nitrogens is 2. The van der Waals surface area contributed by atoms with Gasteiger partial charge in [0.1, 0.15) is 0 Å². The Balaban J connectivity index is 1.91. The van der Waals surface area contributed by atoms with E-state index in [1.807, 2.05) is 49.4 Å². The Morgan fingerprint density at radius 2 is 1.72 bits per heavy atom. The molecule has 0 saturated carbocycles. The highest BCUT2D eigenvalue weighted by Crippen LogP contribution is 2.28. The van der Waals surface area contributed by atoms with Crippen LogP contribution in [0.1, 0.15) is 18.1 Å². The third-order valence-corrected chi connectivity index (χ3v) is 5.57. The van der Waals surface area contributed by atoms with Crippen LogP contribution in [0.25, 0.3) is 16.9 Å². The molecular formula is C24H19ClN4O3. The molecule has 0 fully saturated rings. The van der Waals surface area contributed by atoms with Crippen molar-refractivity contribution in [3.63, 3.8) is 0 Å². The third kappa shape index (κ3) is 3.98. The molecule has 1 aromatic heterocycles. The highest BCUT2D eigenvalue weighted by molar-refractivity contribution is 6.31. The number of hydrogen-bond donors (Lipinski definition) is 1. The van der Waals surface area contributed by atoms with Crippen molar-refractivity contribution in [1.82, 2.24) is 9.78 Å². The Morgan fingerprint density at radius 1 is 1.03 bits per heavy atom. The van der Waals surface area contributed by atoms with Gasteiger partial charge in [0.15, 0.2) is 0 Å². The molecule has 0 atom stereocenters. The number of hydrogen-bond acceptors (Lipinski definition) is 4. The first kappa shape index (κ1) is 21.3. The van der Waals surface area contributed by atoms with E-state index in [-0.39, 0.29) is 11.2 Å². The van der Waals surface area contributed by atoms with Gasteiger partial charge in [-0.05, 0) is 43.7 Å². The lowest BCUT2D eigenvalue weighted by Crippen LogP contribution is -2.19. The highest BCUT2D eigenvalue weighted by atomic mass is 35.5. The van der Waals surface area contributed by atoms with E-state index in [2.05, 4.69) is 5.10 Å². The molecule has 1 heterocycles. The number of nitro groups is 1. The van der Waals surface area contributed by atoms with Gasteiger partial charge in [0.05, 0.1) is 33.3 Å². The van der Waals surface area contributed by atoms with E-state index in [1.54, 1.807) is 13.0 Å². The van der Waals surface area contributed by atoms with Gasteiger partial charge in [-0.15, -0.1) is 0 Å². The van der Waals surface area contributed by atoms with Crippen molar-refractivity contribution in [1.29, 1.82) is 0 Å². The lowest BCUT2D eigenvalue weighted by atomic mass is 10.0. The number of benzene rings is 3. The summed E-state index contributed by atoms with van der Waals surface area (Å²) in [7, 11) is 0. The fourth-order valence-corrected chi connectivity index (χ4v) is 3.62.